The zero-order valence-electron chi connectivity index (χ0n) is 9.33. The number of amides is 2. The highest BCUT2D eigenvalue weighted by atomic mass is 16.4. The highest BCUT2D eigenvalue weighted by Crippen LogP contribution is 2.21. The molecular formula is C10H18N2O3. The molecule has 1 rings (SSSR count). The second-order valence-corrected chi connectivity index (χ2v) is 5.03. The molecule has 1 fully saturated rings. The van der Waals surface area contributed by atoms with Crippen molar-refractivity contribution in [1.82, 2.24) is 10.6 Å². The summed E-state index contributed by atoms with van der Waals surface area (Å²) in [5, 5.41) is 14.1. The summed E-state index contributed by atoms with van der Waals surface area (Å²) in [5.41, 5.74) is -0.493. The van der Waals surface area contributed by atoms with Crippen LogP contribution in [0.3, 0.4) is 0 Å². The maximum Gasteiger partial charge on any atom is 0.326 e. The maximum atomic E-state index is 11.4. The molecule has 0 bridgehead atoms. The Labute approximate surface area is 89.2 Å². The number of carbonyl (C=O) groups is 2. The van der Waals surface area contributed by atoms with Gasteiger partial charge in [-0.05, 0) is 18.3 Å². The lowest BCUT2D eigenvalue weighted by Gasteiger charge is -2.27. The summed E-state index contributed by atoms with van der Waals surface area (Å²) in [6.07, 6.45) is 1.97. The van der Waals surface area contributed by atoms with Crippen molar-refractivity contribution in [2.45, 2.75) is 45.7 Å². The molecule has 0 radical (unpaired) electrons. The van der Waals surface area contributed by atoms with E-state index in [1.807, 2.05) is 0 Å². The number of carboxylic acid groups (broad SMARTS) is 1. The Morgan fingerprint density at radius 2 is 1.87 bits per heavy atom. The van der Waals surface area contributed by atoms with E-state index in [0.29, 0.717) is 0 Å². The predicted molar refractivity (Wildman–Crippen MR) is 55.6 cm³/mol. The minimum absolute atomic E-state index is 0.236. The largest absolute Gasteiger partial charge is 0.480 e. The fourth-order valence-corrected chi connectivity index (χ4v) is 1.23. The normalized spacial score (nSPS) is 18.1. The van der Waals surface area contributed by atoms with Crippen molar-refractivity contribution in [1.29, 1.82) is 0 Å². The van der Waals surface area contributed by atoms with Crippen molar-refractivity contribution in [2.75, 3.05) is 0 Å². The molecule has 5 nitrogen and oxygen atoms in total. The van der Waals surface area contributed by atoms with E-state index in [1.165, 1.54) is 0 Å². The Morgan fingerprint density at radius 3 is 2.20 bits per heavy atom. The average Bonchev–Trinajstić information content (AvgIpc) is 2.81. The van der Waals surface area contributed by atoms with Crippen LogP contribution in [0, 0.1) is 5.41 Å². The van der Waals surface area contributed by atoms with Gasteiger partial charge in [0.25, 0.3) is 0 Å². The van der Waals surface area contributed by atoms with E-state index in [4.69, 9.17) is 5.11 Å². The number of hydrogen-bond donors (Lipinski definition) is 3. The summed E-state index contributed by atoms with van der Waals surface area (Å²) < 4.78 is 0. The molecule has 0 aliphatic heterocycles. The zero-order chi connectivity index (χ0) is 11.6. The first-order valence-corrected chi connectivity index (χ1v) is 5.10. The molecule has 0 unspecified atom stereocenters. The van der Waals surface area contributed by atoms with Gasteiger partial charge < -0.3 is 15.7 Å². The van der Waals surface area contributed by atoms with Crippen molar-refractivity contribution in [3.05, 3.63) is 0 Å². The van der Waals surface area contributed by atoms with Crippen LogP contribution in [0.15, 0.2) is 0 Å². The van der Waals surface area contributed by atoms with Crippen LogP contribution >= 0.6 is 0 Å². The third-order valence-electron chi connectivity index (χ3n) is 2.30. The van der Waals surface area contributed by atoms with Crippen LogP contribution in [0.4, 0.5) is 4.79 Å². The van der Waals surface area contributed by atoms with Gasteiger partial charge in [-0.25, -0.2) is 9.59 Å². The molecular weight excluding hydrogens is 196 g/mol. The van der Waals surface area contributed by atoms with Gasteiger partial charge in [-0.15, -0.1) is 0 Å². The fourth-order valence-electron chi connectivity index (χ4n) is 1.23. The van der Waals surface area contributed by atoms with E-state index in [9.17, 15) is 9.59 Å². The second-order valence-electron chi connectivity index (χ2n) is 5.03. The molecule has 0 aromatic carbocycles. The van der Waals surface area contributed by atoms with Crippen LogP contribution in [-0.2, 0) is 4.79 Å². The minimum Gasteiger partial charge on any atom is -0.480 e. The van der Waals surface area contributed by atoms with E-state index in [-0.39, 0.29) is 12.1 Å². The second kappa shape index (κ2) is 4.08. The number of rotatable bonds is 3. The van der Waals surface area contributed by atoms with Gasteiger partial charge in [0.2, 0.25) is 0 Å². The topological polar surface area (TPSA) is 78.4 Å². The summed E-state index contributed by atoms with van der Waals surface area (Å²) in [5.74, 6) is -1.01. The van der Waals surface area contributed by atoms with Crippen molar-refractivity contribution < 1.29 is 14.7 Å². The summed E-state index contributed by atoms with van der Waals surface area (Å²) in [6, 6.07) is -1.02. The highest BCUT2D eigenvalue weighted by molar-refractivity contribution is 5.83. The molecule has 15 heavy (non-hydrogen) atoms. The van der Waals surface area contributed by atoms with Crippen LogP contribution in [0.5, 0.6) is 0 Å². The van der Waals surface area contributed by atoms with Crippen molar-refractivity contribution >= 4 is 12.0 Å². The highest BCUT2D eigenvalue weighted by Gasteiger charge is 2.33. The van der Waals surface area contributed by atoms with E-state index in [1.54, 1.807) is 20.8 Å². The lowest BCUT2D eigenvalue weighted by Crippen LogP contribution is -2.52. The van der Waals surface area contributed by atoms with Gasteiger partial charge in [0.1, 0.15) is 6.04 Å². The standard InChI is InChI=1S/C10H18N2O3/c1-10(2,3)7(8(13)14)12-9(15)11-6-4-5-6/h6-7H,4-5H2,1-3H3,(H,13,14)(H2,11,12,15)/t7-/m0/s1. The first-order chi connectivity index (χ1) is 6.80. The van der Waals surface area contributed by atoms with Gasteiger partial charge in [-0.1, -0.05) is 20.8 Å². The van der Waals surface area contributed by atoms with Crippen LogP contribution in [0.25, 0.3) is 0 Å². The predicted octanol–water partition coefficient (Wildman–Crippen LogP) is 0.947. The summed E-state index contributed by atoms with van der Waals surface area (Å²) >= 11 is 0. The molecule has 3 N–H and O–H groups in total. The Hall–Kier alpha value is -1.26. The van der Waals surface area contributed by atoms with Crippen molar-refractivity contribution in [2.24, 2.45) is 5.41 Å². The molecule has 0 aromatic heterocycles. The molecule has 0 spiro atoms. The van der Waals surface area contributed by atoms with E-state index < -0.39 is 17.4 Å². The van der Waals surface area contributed by atoms with Gasteiger partial charge in [-0.3, -0.25) is 0 Å². The lowest BCUT2D eigenvalue weighted by molar-refractivity contribution is -0.141. The number of hydrogen-bond acceptors (Lipinski definition) is 2. The Balaban J connectivity index is 2.49. The molecule has 5 heteroatoms. The lowest BCUT2D eigenvalue weighted by atomic mass is 9.87. The van der Waals surface area contributed by atoms with E-state index in [2.05, 4.69) is 10.6 Å². The molecule has 2 amide bonds. The van der Waals surface area contributed by atoms with Gasteiger partial charge in [0.05, 0.1) is 0 Å². The molecule has 0 aromatic rings. The summed E-state index contributed by atoms with van der Waals surface area (Å²) in [7, 11) is 0. The molecule has 1 saturated carbocycles. The average molecular weight is 214 g/mol. The first kappa shape index (κ1) is 11.8. The summed E-state index contributed by atoms with van der Waals surface area (Å²) in [6.45, 7) is 5.34. The number of carboxylic acids is 1. The third-order valence-corrected chi connectivity index (χ3v) is 2.30. The number of aliphatic carboxylic acids is 1. The van der Waals surface area contributed by atoms with Crippen LogP contribution in [0.1, 0.15) is 33.6 Å². The van der Waals surface area contributed by atoms with Crippen LogP contribution in [0.2, 0.25) is 0 Å². The Bertz CT molecular complexity index is 266. The van der Waals surface area contributed by atoms with Gasteiger partial charge in [-0.2, -0.15) is 0 Å². The molecule has 1 aliphatic carbocycles. The van der Waals surface area contributed by atoms with Gasteiger partial charge in [0, 0.05) is 6.04 Å². The molecule has 0 heterocycles. The number of urea groups is 1. The molecule has 1 aliphatic rings. The van der Waals surface area contributed by atoms with Crippen LogP contribution < -0.4 is 10.6 Å². The quantitative estimate of drug-likeness (QED) is 0.654. The van der Waals surface area contributed by atoms with E-state index >= 15 is 0 Å². The van der Waals surface area contributed by atoms with Crippen molar-refractivity contribution in [3.63, 3.8) is 0 Å². The zero-order valence-corrected chi connectivity index (χ0v) is 9.33. The Kier molecular flexibility index (Phi) is 3.21. The number of carbonyl (C=O) groups excluding carboxylic acids is 1. The maximum absolute atomic E-state index is 11.4. The van der Waals surface area contributed by atoms with Gasteiger partial charge in [0.15, 0.2) is 0 Å². The monoisotopic (exact) mass is 214 g/mol. The third kappa shape index (κ3) is 3.77. The molecule has 0 saturated heterocycles. The minimum atomic E-state index is -1.01. The van der Waals surface area contributed by atoms with Crippen molar-refractivity contribution in [3.8, 4) is 0 Å². The molecule has 1 atom stereocenters. The van der Waals surface area contributed by atoms with E-state index in [0.717, 1.165) is 12.8 Å². The smallest absolute Gasteiger partial charge is 0.326 e. The fraction of sp³-hybridized carbons (Fsp3) is 0.800. The summed E-state index contributed by atoms with van der Waals surface area (Å²) in [4.78, 5) is 22.3. The molecule has 86 valence electrons. The first-order valence-electron chi connectivity index (χ1n) is 5.10. The van der Waals surface area contributed by atoms with Gasteiger partial charge >= 0.3 is 12.0 Å². The van der Waals surface area contributed by atoms with Crippen LogP contribution in [-0.4, -0.2) is 29.2 Å². The number of nitrogens with one attached hydrogen (secondary N) is 2. The Morgan fingerprint density at radius 1 is 1.33 bits per heavy atom. The SMILES string of the molecule is CC(C)(C)[C@@H](NC(=O)NC1CC1)C(=O)O.